The number of halogens is 1. The van der Waals surface area contributed by atoms with Crippen molar-refractivity contribution in [1.29, 1.82) is 0 Å². The minimum Gasteiger partial charge on any atom is -0.485 e. The molecule has 0 radical (unpaired) electrons. The van der Waals surface area contributed by atoms with Gasteiger partial charge in [0.1, 0.15) is 25.1 Å². The summed E-state index contributed by atoms with van der Waals surface area (Å²) in [5.74, 6) is -0.351. The fourth-order valence-electron chi connectivity index (χ4n) is 3.87. The van der Waals surface area contributed by atoms with E-state index in [1.54, 1.807) is 12.1 Å². The molecule has 0 aliphatic carbocycles. The average Bonchev–Trinajstić information content (AvgIpc) is 2.93. The molecule has 0 heterocycles. The zero-order valence-corrected chi connectivity index (χ0v) is 20.8. The van der Waals surface area contributed by atoms with Crippen LogP contribution < -0.4 is 20.5 Å². The van der Waals surface area contributed by atoms with Crippen molar-refractivity contribution in [3.05, 3.63) is 131 Å². The molecule has 0 aromatic heterocycles. The molecule has 0 fully saturated rings. The van der Waals surface area contributed by atoms with Crippen LogP contribution in [0.1, 0.15) is 22.3 Å². The van der Waals surface area contributed by atoms with Gasteiger partial charge in [-0.1, -0.05) is 78.9 Å². The van der Waals surface area contributed by atoms with Crippen molar-refractivity contribution in [2.24, 2.45) is 5.73 Å². The number of rotatable bonds is 12. The van der Waals surface area contributed by atoms with Crippen molar-refractivity contribution in [3.8, 4) is 11.5 Å². The summed E-state index contributed by atoms with van der Waals surface area (Å²) in [5.41, 5.74) is 8.98. The Kier molecular flexibility index (Phi) is 9.07. The Hall–Kier alpha value is -4.65. The summed E-state index contributed by atoms with van der Waals surface area (Å²) in [6, 6.07) is 29.6. The molecule has 7 heteroatoms. The van der Waals surface area contributed by atoms with E-state index in [0.717, 1.165) is 16.7 Å². The molecule has 1 atom stereocenters. The number of benzene rings is 4. The number of hydrogen-bond donors (Lipinski definition) is 2. The minimum absolute atomic E-state index is 0.00175. The highest BCUT2D eigenvalue weighted by atomic mass is 19.1. The van der Waals surface area contributed by atoms with Gasteiger partial charge in [-0.25, -0.2) is 4.39 Å². The molecule has 38 heavy (non-hydrogen) atoms. The van der Waals surface area contributed by atoms with Gasteiger partial charge in [-0.15, -0.1) is 0 Å². The van der Waals surface area contributed by atoms with Gasteiger partial charge in [-0.3, -0.25) is 9.59 Å². The Morgan fingerprint density at radius 1 is 0.711 bits per heavy atom. The van der Waals surface area contributed by atoms with E-state index in [9.17, 15) is 14.0 Å². The smallest absolute Gasteiger partial charge is 0.240 e. The van der Waals surface area contributed by atoms with Crippen LogP contribution in [0.15, 0.2) is 103 Å². The Balaban J connectivity index is 1.47. The third kappa shape index (κ3) is 7.93. The van der Waals surface area contributed by atoms with Gasteiger partial charge in [0.2, 0.25) is 11.8 Å². The number of primary amides is 1. The lowest BCUT2D eigenvalue weighted by atomic mass is 10.0. The van der Waals surface area contributed by atoms with Crippen LogP contribution in [0, 0.1) is 5.82 Å². The number of nitrogens with two attached hydrogens (primary N) is 1. The summed E-state index contributed by atoms with van der Waals surface area (Å²) in [6.07, 6.45) is 0.174. The minimum atomic E-state index is -0.930. The van der Waals surface area contributed by atoms with Crippen LogP contribution in [-0.2, 0) is 35.6 Å². The highest BCUT2D eigenvalue weighted by Crippen LogP contribution is 2.30. The zero-order valence-electron chi connectivity index (χ0n) is 20.8. The van der Waals surface area contributed by atoms with E-state index < -0.39 is 11.9 Å². The molecule has 0 aliphatic rings. The Bertz CT molecular complexity index is 1350. The van der Waals surface area contributed by atoms with Crippen LogP contribution in [0.3, 0.4) is 0 Å². The number of nitrogens with one attached hydrogen (secondary N) is 1. The van der Waals surface area contributed by atoms with Gasteiger partial charge in [-0.05, 0) is 46.5 Å². The monoisotopic (exact) mass is 512 g/mol. The molecule has 4 aromatic carbocycles. The third-order valence-electron chi connectivity index (χ3n) is 5.88. The van der Waals surface area contributed by atoms with Crippen LogP contribution in [0.2, 0.25) is 0 Å². The molecule has 0 saturated carbocycles. The van der Waals surface area contributed by atoms with Crippen molar-refractivity contribution < 1.29 is 23.5 Å². The average molecular weight is 513 g/mol. The van der Waals surface area contributed by atoms with E-state index in [4.69, 9.17) is 15.2 Å². The van der Waals surface area contributed by atoms with Gasteiger partial charge >= 0.3 is 0 Å². The Labute approximate surface area is 221 Å². The van der Waals surface area contributed by atoms with Gasteiger partial charge in [-0.2, -0.15) is 0 Å². The van der Waals surface area contributed by atoms with Crippen molar-refractivity contribution in [2.45, 2.75) is 32.1 Å². The summed E-state index contributed by atoms with van der Waals surface area (Å²) >= 11 is 0. The van der Waals surface area contributed by atoms with Crippen molar-refractivity contribution in [1.82, 2.24) is 5.32 Å². The van der Waals surface area contributed by atoms with E-state index in [1.807, 2.05) is 66.7 Å². The van der Waals surface area contributed by atoms with Crippen LogP contribution in [0.5, 0.6) is 11.5 Å². The van der Waals surface area contributed by atoms with Crippen LogP contribution in [0.25, 0.3) is 0 Å². The first-order chi connectivity index (χ1) is 18.5. The fourth-order valence-corrected chi connectivity index (χ4v) is 3.87. The number of ether oxygens (including phenoxy) is 2. The molecule has 4 rings (SSSR count). The van der Waals surface area contributed by atoms with Gasteiger partial charge in [0.05, 0.1) is 6.42 Å². The third-order valence-corrected chi connectivity index (χ3v) is 5.88. The number of amides is 2. The van der Waals surface area contributed by atoms with E-state index in [-0.39, 0.29) is 24.6 Å². The van der Waals surface area contributed by atoms with Crippen LogP contribution >= 0.6 is 0 Å². The summed E-state index contributed by atoms with van der Waals surface area (Å²) in [7, 11) is 0. The normalized spacial score (nSPS) is 11.4. The maximum absolute atomic E-state index is 13.1. The molecule has 2 amide bonds. The number of carbonyl (C=O) groups is 2. The van der Waals surface area contributed by atoms with Gasteiger partial charge in [0, 0.05) is 6.42 Å². The topological polar surface area (TPSA) is 90.7 Å². The quantitative estimate of drug-likeness (QED) is 0.287. The fraction of sp³-hybridized carbons (Fsp3) is 0.161. The van der Waals surface area contributed by atoms with E-state index >= 15 is 0 Å². The van der Waals surface area contributed by atoms with Crippen molar-refractivity contribution >= 4 is 11.8 Å². The van der Waals surface area contributed by atoms with Crippen LogP contribution in [-0.4, -0.2) is 17.9 Å². The van der Waals surface area contributed by atoms with E-state index in [2.05, 4.69) is 5.32 Å². The summed E-state index contributed by atoms with van der Waals surface area (Å²) in [4.78, 5) is 24.7. The molecular weight excluding hydrogens is 483 g/mol. The highest BCUT2D eigenvalue weighted by molar-refractivity contribution is 5.87. The first kappa shape index (κ1) is 26.4. The van der Waals surface area contributed by atoms with Crippen molar-refractivity contribution in [2.75, 3.05) is 0 Å². The van der Waals surface area contributed by atoms with Crippen LogP contribution in [0.4, 0.5) is 4.39 Å². The second-order valence-corrected chi connectivity index (χ2v) is 8.86. The second kappa shape index (κ2) is 13.1. The largest absolute Gasteiger partial charge is 0.485 e. The molecule has 0 bridgehead atoms. The summed E-state index contributed by atoms with van der Waals surface area (Å²) < 4.78 is 25.3. The summed E-state index contributed by atoms with van der Waals surface area (Å²) in [6.45, 7) is 0.699. The first-order valence-corrected chi connectivity index (χ1v) is 12.3. The SMILES string of the molecule is NC(=O)[C@@H](Cc1ccc(OCc2ccccc2)c(OCc2ccccc2)c1)NC(=O)Cc1ccc(F)cc1. The van der Waals surface area contributed by atoms with Gasteiger partial charge in [0.25, 0.3) is 0 Å². The maximum atomic E-state index is 13.1. The first-order valence-electron chi connectivity index (χ1n) is 12.3. The maximum Gasteiger partial charge on any atom is 0.240 e. The Morgan fingerprint density at radius 2 is 1.26 bits per heavy atom. The lowest BCUT2D eigenvalue weighted by Gasteiger charge is -2.18. The molecule has 6 nitrogen and oxygen atoms in total. The highest BCUT2D eigenvalue weighted by Gasteiger charge is 2.20. The molecule has 0 aliphatic heterocycles. The summed E-state index contributed by atoms with van der Waals surface area (Å²) in [5, 5.41) is 2.69. The molecule has 4 aromatic rings. The van der Waals surface area contributed by atoms with Gasteiger partial charge < -0.3 is 20.5 Å². The number of hydrogen-bond acceptors (Lipinski definition) is 4. The molecular formula is C31H29FN2O4. The molecule has 0 spiro atoms. The molecule has 3 N–H and O–H groups in total. The lowest BCUT2D eigenvalue weighted by Crippen LogP contribution is -2.46. The molecule has 0 unspecified atom stereocenters. The second-order valence-electron chi connectivity index (χ2n) is 8.86. The van der Waals surface area contributed by atoms with E-state index in [1.165, 1.54) is 24.3 Å². The predicted molar refractivity (Wildman–Crippen MR) is 143 cm³/mol. The molecule has 0 saturated heterocycles. The van der Waals surface area contributed by atoms with Crippen molar-refractivity contribution in [3.63, 3.8) is 0 Å². The lowest BCUT2D eigenvalue weighted by molar-refractivity contribution is -0.127. The zero-order chi connectivity index (χ0) is 26.7. The standard InChI is InChI=1S/C31H29FN2O4/c32-26-14-11-22(12-15-26)19-30(35)34-27(31(33)36)17-25-13-16-28(37-20-23-7-3-1-4-8-23)29(18-25)38-21-24-9-5-2-6-10-24/h1-16,18,27H,17,19-21H2,(H2,33,36)(H,34,35)/t27-/m1/s1. The number of carbonyl (C=O) groups excluding carboxylic acids is 2. The van der Waals surface area contributed by atoms with E-state index in [0.29, 0.717) is 30.3 Å². The predicted octanol–water partition coefficient (Wildman–Crippen LogP) is 4.74. The van der Waals surface area contributed by atoms with Gasteiger partial charge in [0.15, 0.2) is 11.5 Å². The Morgan fingerprint density at radius 3 is 1.84 bits per heavy atom. The molecule has 194 valence electrons.